The van der Waals surface area contributed by atoms with Crippen LogP contribution in [0, 0.1) is 0 Å². The minimum Gasteiger partial charge on any atom is -0.485 e. The predicted octanol–water partition coefficient (Wildman–Crippen LogP) is 4.05. The quantitative estimate of drug-likeness (QED) is 0.419. The van der Waals surface area contributed by atoms with Crippen LogP contribution < -0.4 is 14.4 Å². The molecule has 5 rings (SSSR count). The van der Waals surface area contributed by atoms with E-state index in [2.05, 4.69) is 29.8 Å². The minimum absolute atomic E-state index is 0.0633. The molecule has 2 atom stereocenters. The highest BCUT2D eigenvalue weighted by atomic mass is 32.2. The molecule has 0 spiro atoms. The lowest BCUT2D eigenvalue weighted by Gasteiger charge is -2.26. The molecule has 0 aliphatic carbocycles. The molecule has 0 saturated heterocycles. The first kappa shape index (κ1) is 20.6. The van der Waals surface area contributed by atoms with Crippen LogP contribution in [-0.2, 0) is 17.8 Å². The van der Waals surface area contributed by atoms with Gasteiger partial charge in [0.2, 0.25) is 5.91 Å². The second kappa shape index (κ2) is 8.70. The van der Waals surface area contributed by atoms with Gasteiger partial charge in [-0.3, -0.25) is 9.36 Å². The summed E-state index contributed by atoms with van der Waals surface area (Å²) in [4.78, 5) is 15.0. The van der Waals surface area contributed by atoms with E-state index in [9.17, 15) is 4.79 Å². The molecule has 2 aromatic carbocycles. The number of rotatable bonds is 6. The zero-order valence-corrected chi connectivity index (χ0v) is 18.6. The van der Waals surface area contributed by atoms with Crippen molar-refractivity contribution in [2.75, 3.05) is 17.3 Å². The predicted molar refractivity (Wildman–Crippen MR) is 123 cm³/mol. The van der Waals surface area contributed by atoms with Gasteiger partial charge in [-0.05, 0) is 37.1 Å². The number of hydrogen-bond acceptors (Lipinski definition) is 6. The fourth-order valence-electron chi connectivity index (χ4n) is 4.23. The lowest BCUT2D eigenvalue weighted by Crippen LogP contribution is -2.37. The Labute approximate surface area is 191 Å². The van der Waals surface area contributed by atoms with Crippen LogP contribution in [0.4, 0.5) is 5.69 Å². The number of nitrogens with zero attached hydrogens (tertiary/aromatic N) is 4. The summed E-state index contributed by atoms with van der Waals surface area (Å²) < 4.78 is 13.9. The van der Waals surface area contributed by atoms with Crippen molar-refractivity contribution in [1.82, 2.24) is 14.8 Å². The van der Waals surface area contributed by atoms with Gasteiger partial charge in [0.05, 0.1) is 5.75 Å². The molecule has 0 bridgehead atoms. The molecule has 0 unspecified atom stereocenters. The largest absolute Gasteiger partial charge is 0.485 e. The van der Waals surface area contributed by atoms with Gasteiger partial charge in [0.1, 0.15) is 6.61 Å². The second-order valence-electron chi connectivity index (χ2n) is 7.84. The van der Waals surface area contributed by atoms with Gasteiger partial charge >= 0.3 is 0 Å². The maximum Gasteiger partial charge on any atom is 0.237 e. The number of ether oxygens (including phenoxy) is 2. The highest BCUT2D eigenvalue weighted by molar-refractivity contribution is 7.99. The van der Waals surface area contributed by atoms with Crippen molar-refractivity contribution in [1.29, 1.82) is 0 Å². The summed E-state index contributed by atoms with van der Waals surface area (Å²) >= 11 is 1.38. The Morgan fingerprint density at radius 2 is 1.97 bits per heavy atom. The SMILES string of the molecule is C=CCn1c(SCC(=O)N2c3ccccc3C[C@@H]2C)nnc1[C@H]1COc2ccccc2O1. The molecule has 0 N–H and O–H groups in total. The molecular formula is C24H24N4O3S. The van der Waals surface area contributed by atoms with Crippen molar-refractivity contribution in [3.8, 4) is 11.5 Å². The van der Waals surface area contributed by atoms with Crippen LogP contribution in [0.15, 0.2) is 66.3 Å². The average Bonchev–Trinajstić information content (AvgIpc) is 3.37. The van der Waals surface area contributed by atoms with Crippen LogP contribution in [0.25, 0.3) is 0 Å². The molecule has 1 amide bonds. The summed E-state index contributed by atoms with van der Waals surface area (Å²) in [5.41, 5.74) is 2.22. The molecule has 1 aromatic heterocycles. The molecule has 0 saturated carbocycles. The van der Waals surface area contributed by atoms with E-state index in [1.165, 1.54) is 17.3 Å². The zero-order valence-electron chi connectivity index (χ0n) is 17.8. The topological polar surface area (TPSA) is 69.5 Å². The van der Waals surface area contributed by atoms with E-state index in [-0.39, 0.29) is 23.8 Å². The number of allylic oxidation sites excluding steroid dienone is 1. The summed E-state index contributed by atoms with van der Waals surface area (Å²) in [7, 11) is 0. The maximum atomic E-state index is 13.1. The van der Waals surface area contributed by atoms with E-state index in [1.807, 2.05) is 51.9 Å². The number of amides is 1. The first-order chi connectivity index (χ1) is 15.7. The zero-order chi connectivity index (χ0) is 22.1. The number of aromatic nitrogens is 3. The van der Waals surface area contributed by atoms with Gasteiger partial charge < -0.3 is 14.4 Å². The Kier molecular flexibility index (Phi) is 5.61. The lowest BCUT2D eigenvalue weighted by molar-refractivity contribution is -0.116. The Morgan fingerprint density at radius 1 is 1.19 bits per heavy atom. The summed E-state index contributed by atoms with van der Waals surface area (Å²) in [6.07, 6.45) is 2.28. The molecule has 164 valence electrons. The first-order valence-electron chi connectivity index (χ1n) is 10.6. The monoisotopic (exact) mass is 448 g/mol. The number of hydrogen-bond donors (Lipinski definition) is 0. The number of thioether (sulfide) groups is 1. The van der Waals surface area contributed by atoms with E-state index in [1.54, 1.807) is 6.08 Å². The highest BCUT2D eigenvalue weighted by Crippen LogP contribution is 2.36. The van der Waals surface area contributed by atoms with Crippen molar-refractivity contribution in [2.45, 2.75) is 37.2 Å². The Balaban J connectivity index is 1.32. The van der Waals surface area contributed by atoms with Gasteiger partial charge in [0, 0.05) is 18.3 Å². The Hall–Kier alpha value is -3.26. The van der Waals surface area contributed by atoms with Crippen molar-refractivity contribution < 1.29 is 14.3 Å². The summed E-state index contributed by atoms with van der Waals surface area (Å²) in [6.45, 7) is 6.80. The third kappa shape index (κ3) is 3.75. The van der Waals surface area contributed by atoms with Crippen LogP contribution in [0.3, 0.4) is 0 Å². The molecule has 32 heavy (non-hydrogen) atoms. The van der Waals surface area contributed by atoms with Gasteiger partial charge in [-0.15, -0.1) is 16.8 Å². The fourth-order valence-corrected chi connectivity index (χ4v) is 5.05. The van der Waals surface area contributed by atoms with Crippen LogP contribution in [0.1, 0.15) is 24.4 Å². The lowest BCUT2D eigenvalue weighted by atomic mass is 10.1. The van der Waals surface area contributed by atoms with E-state index in [0.717, 1.165) is 17.9 Å². The van der Waals surface area contributed by atoms with Crippen LogP contribution in [-0.4, -0.2) is 39.1 Å². The van der Waals surface area contributed by atoms with E-state index in [4.69, 9.17) is 9.47 Å². The van der Waals surface area contributed by atoms with Crippen molar-refractivity contribution in [3.05, 3.63) is 72.6 Å². The number of para-hydroxylation sites is 3. The summed E-state index contributed by atoms with van der Waals surface area (Å²) in [5, 5.41) is 9.38. The molecule has 7 nitrogen and oxygen atoms in total. The van der Waals surface area contributed by atoms with Gasteiger partial charge in [-0.1, -0.05) is 48.2 Å². The third-order valence-electron chi connectivity index (χ3n) is 5.65. The molecule has 8 heteroatoms. The van der Waals surface area contributed by atoms with Gasteiger partial charge in [0.25, 0.3) is 0 Å². The van der Waals surface area contributed by atoms with Gasteiger partial charge in [-0.25, -0.2) is 0 Å². The number of anilines is 1. The van der Waals surface area contributed by atoms with Gasteiger partial charge in [-0.2, -0.15) is 0 Å². The van der Waals surface area contributed by atoms with E-state index < -0.39 is 0 Å². The van der Waals surface area contributed by atoms with Crippen LogP contribution >= 0.6 is 11.8 Å². The molecule has 0 radical (unpaired) electrons. The van der Waals surface area contributed by atoms with E-state index in [0.29, 0.717) is 29.9 Å². The number of carbonyl (C=O) groups excluding carboxylic acids is 1. The van der Waals surface area contributed by atoms with E-state index >= 15 is 0 Å². The summed E-state index contributed by atoms with van der Waals surface area (Å²) in [5.74, 6) is 2.41. The molecular weight excluding hydrogens is 424 g/mol. The standard InChI is InChI=1S/C24H24N4O3S/c1-3-12-27-23(21-14-30-19-10-6-7-11-20(19)31-21)25-26-24(27)32-15-22(29)28-16(2)13-17-8-4-5-9-18(17)28/h3-11,16,21H,1,12-15H2,2H3/t16-,21+/m0/s1. The number of benzene rings is 2. The second-order valence-corrected chi connectivity index (χ2v) is 8.78. The smallest absolute Gasteiger partial charge is 0.237 e. The third-order valence-corrected chi connectivity index (χ3v) is 6.61. The maximum absolute atomic E-state index is 13.1. The number of carbonyl (C=O) groups is 1. The average molecular weight is 449 g/mol. The number of fused-ring (bicyclic) bond motifs is 2. The van der Waals surface area contributed by atoms with Crippen molar-refractivity contribution in [2.24, 2.45) is 0 Å². The van der Waals surface area contributed by atoms with Crippen LogP contribution in [0.2, 0.25) is 0 Å². The Bertz CT molecular complexity index is 1160. The summed E-state index contributed by atoms with van der Waals surface area (Å²) in [6, 6.07) is 15.8. The molecule has 0 fully saturated rings. The van der Waals surface area contributed by atoms with Crippen molar-refractivity contribution >= 4 is 23.4 Å². The minimum atomic E-state index is -0.382. The fraction of sp³-hybridized carbons (Fsp3) is 0.292. The molecule has 2 aliphatic heterocycles. The van der Waals surface area contributed by atoms with Gasteiger partial charge in [0.15, 0.2) is 28.6 Å². The molecule has 2 aliphatic rings. The normalized spacial score (nSPS) is 19.0. The molecule has 3 heterocycles. The van der Waals surface area contributed by atoms with Crippen molar-refractivity contribution in [3.63, 3.8) is 0 Å². The molecule has 3 aromatic rings. The first-order valence-corrected chi connectivity index (χ1v) is 11.6. The van der Waals surface area contributed by atoms with Crippen LogP contribution in [0.5, 0.6) is 11.5 Å². The highest BCUT2D eigenvalue weighted by Gasteiger charge is 2.32. The Morgan fingerprint density at radius 3 is 2.81 bits per heavy atom.